The average Bonchev–Trinajstić information content (AvgIpc) is 2.47. The molecule has 0 radical (unpaired) electrons. The molecule has 0 aliphatic carbocycles. The Bertz CT molecular complexity index is 257. The third-order valence-corrected chi connectivity index (χ3v) is 3.10. The van der Waals surface area contributed by atoms with E-state index in [-0.39, 0.29) is 5.54 Å². The van der Waals surface area contributed by atoms with Crippen LogP contribution in [0.2, 0.25) is 0 Å². The van der Waals surface area contributed by atoms with E-state index in [9.17, 15) is 0 Å². The lowest BCUT2D eigenvalue weighted by molar-refractivity contribution is -0.750. The maximum atomic E-state index is 2.31. The normalized spacial score (nSPS) is 12.0. The highest BCUT2D eigenvalue weighted by Crippen LogP contribution is 2.12. The van der Waals surface area contributed by atoms with E-state index in [1.807, 2.05) is 11.3 Å². The summed E-state index contributed by atoms with van der Waals surface area (Å²) in [6.07, 6.45) is 6.13. The van der Waals surface area contributed by atoms with Gasteiger partial charge in [-0.3, -0.25) is 0 Å². The highest BCUT2D eigenvalue weighted by atomic mass is 32.1. The van der Waals surface area contributed by atoms with Crippen LogP contribution < -0.4 is 4.57 Å². The molecule has 1 heterocycles. The zero-order valence-electron chi connectivity index (χ0n) is 9.13. The van der Waals surface area contributed by atoms with Crippen LogP contribution in [0.3, 0.4) is 0 Å². The van der Waals surface area contributed by atoms with Crippen molar-refractivity contribution in [1.29, 1.82) is 0 Å². The first-order valence-corrected chi connectivity index (χ1v) is 5.91. The van der Waals surface area contributed by atoms with Gasteiger partial charge in [0, 0.05) is 20.8 Å². The summed E-state index contributed by atoms with van der Waals surface area (Å²) >= 11 is 1.88. The third-order valence-electron chi connectivity index (χ3n) is 2.15. The number of unbranched alkanes of at least 4 members (excludes halogenated alkanes) is 1. The zero-order valence-corrected chi connectivity index (χ0v) is 9.95. The summed E-state index contributed by atoms with van der Waals surface area (Å²) < 4.78 is 2.31. The first-order chi connectivity index (χ1) is 6.04. The van der Waals surface area contributed by atoms with Crippen molar-refractivity contribution in [2.45, 2.75) is 52.5 Å². The number of hydrogen-bond acceptors (Lipinski definition) is 1. The second-order valence-corrected chi connectivity index (χ2v) is 5.47. The molecular weight excluding hydrogens is 178 g/mol. The van der Waals surface area contributed by atoms with E-state index in [1.54, 1.807) is 0 Å². The lowest BCUT2D eigenvalue weighted by atomic mass is 10.1. The number of thiazole rings is 1. The van der Waals surface area contributed by atoms with Gasteiger partial charge in [0.2, 0.25) is 5.51 Å². The minimum atomic E-state index is 0.237. The first kappa shape index (κ1) is 10.7. The Morgan fingerprint density at radius 1 is 1.38 bits per heavy atom. The Balaban J connectivity index is 2.64. The van der Waals surface area contributed by atoms with Crippen molar-refractivity contribution < 1.29 is 4.57 Å². The van der Waals surface area contributed by atoms with E-state index in [0.717, 1.165) is 0 Å². The zero-order chi connectivity index (χ0) is 9.90. The topological polar surface area (TPSA) is 3.88 Å². The predicted molar refractivity (Wildman–Crippen MR) is 58.1 cm³/mol. The van der Waals surface area contributed by atoms with Gasteiger partial charge in [-0.05, 0) is 12.8 Å². The van der Waals surface area contributed by atoms with E-state index >= 15 is 0 Å². The summed E-state index contributed by atoms with van der Waals surface area (Å²) in [5.41, 5.74) is 2.46. The molecule has 13 heavy (non-hydrogen) atoms. The molecule has 1 nitrogen and oxygen atoms in total. The van der Waals surface area contributed by atoms with Crippen molar-refractivity contribution in [1.82, 2.24) is 0 Å². The molecule has 0 saturated heterocycles. The lowest BCUT2D eigenvalue weighted by Crippen LogP contribution is -2.48. The fraction of sp³-hybridized carbons (Fsp3) is 0.727. The number of rotatable bonds is 3. The van der Waals surface area contributed by atoms with Gasteiger partial charge >= 0.3 is 0 Å². The maximum Gasteiger partial charge on any atom is 0.225 e. The highest BCUT2D eigenvalue weighted by molar-refractivity contribution is 7.09. The minimum absolute atomic E-state index is 0.237. The summed E-state index contributed by atoms with van der Waals surface area (Å²) in [7, 11) is 0. The predicted octanol–water partition coefficient (Wildman–Crippen LogP) is 3.13. The molecule has 0 aliphatic rings. The quantitative estimate of drug-likeness (QED) is 0.657. The van der Waals surface area contributed by atoms with Gasteiger partial charge in [-0.1, -0.05) is 24.7 Å². The van der Waals surface area contributed by atoms with Crippen LogP contribution in [0, 0.1) is 0 Å². The van der Waals surface area contributed by atoms with Gasteiger partial charge in [0.1, 0.15) is 0 Å². The van der Waals surface area contributed by atoms with E-state index in [0.29, 0.717) is 0 Å². The molecule has 0 saturated carbocycles. The molecule has 1 aromatic heterocycles. The van der Waals surface area contributed by atoms with Crippen molar-refractivity contribution in [3.63, 3.8) is 0 Å². The summed E-state index contributed by atoms with van der Waals surface area (Å²) in [4.78, 5) is 1.51. The van der Waals surface area contributed by atoms with Crippen LogP contribution in [0.4, 0.5) is 0 Å². The van der Waals surface area contributed by atoms with Gasteiger partial charge in [-0.15, -0.1) is 0 Å². The number of aromatic nitrogens is 1. The standard InChI is InChI=1S/C11H20NS/c1-5-6-7-10-8-12(9-13-10)11(2,3)4/h8-9H,5-7H2,1-4H3/q+1. The van der Waals surface area contributed by atoms with Crippen molar-refractivity contribution in [3.8, 4) is 0 Å². The lowest BCUT2D eigenvalue weighted by Gasteiger charge is -2.09. The maximum absolute atomic E-state index is 2.31. The van der Waals surface area contributed by atoms with E-state index in [4.69, 9.17) is 0 Å². The Morgan fingerprint density at radius 2 is 2.08 bits per heavy atom. The summed E-state index contributed by atoms with van der Waals surface area (Å²) in [6.45, 7) is 8.96. The SMILES string of the molecule is CCCCc1c[n+](C(C)(C)C)cs1. The van der Waals surface area contributed by atoms with Crippen LogP contribution in [0.25, 0.3) is 0 Å². The van der Waals surface area contributed by atoms with E-state index < -0.39 is 0 Å². The molecule has 74 valence electrons. The van der Waals surface area contributed by atoms with E-state index in [2.05, 4.69) is 44.0 Å². The molecule has 1 rings (SSSR count). The number of aryl methyl sites for hydroxylation is 1. The monoisotopic (exact) mass is 198 g/mol. The van der Waals surface area contributed by atoms with Crippen molar-refractivity contribution in [2.75, 3.05) is 0 Å². The number of nitrogens with zero attached hydrogens (tertiary/aromatic N) is 1. The van der Waals surface area contributed by atoms with Crippen LogP contribution in [-0.4, -0.2) is 0 Å². The smallest absolute Gasteiger partial charge is 0.191 e. The average molecular weight is 198 g/mol. The highest BCUT2D eigenvalue weighted by Gasteiger charge is 2.22. The van der Waals surface area contributed by atoms with Crippen LogP contribution in [0.15, 0.2) is 11.7 Å². The molecule has 0 fully saturated rings. The van der Waals surface area contributed by atoms with Crippen molar-refractivity contribution in [3.05, 3.63) is 16.6 Å². The molecule has 2 heteroatoms. The van der Waals surface area contributed by atoms with E-state index in [1.165, 1.54) is 24.1 Å². The fourth-order valence-corrected chi connectivity index (χ4v) is 2.23. The molecule has 0 unspecified atom stereocenters. The van der Waals surface area contributed by atoms with Gasteiger partial charge in [0.25, 0.3) is 0 Å². The largest absolute Gasteiger partial charge is 0.225 e. The summed E-state index contributed by atoms with van der Waals surface area (Å²) in [5.74, 6) is 0. The summed E-state index contributed by atoms with van der Waals surface area (Å²) in [6, 6.07) is 0. The van der Waals surface area contributed by atoms with Crippen LogP contribution >= 0.6 is 11.3 Å². The second-order valence-electron chi connectivity index (χ2n) is 4.50. The number of hydrogen-bond donors (Lipinski definition) is 0. The summed E-state index contributed by atoms with van der Waals surface area (Å²) in [5, 5.41) is 0. The van der Waals surface area contributed by atoms with Crippen LogP contribution in [-0.2, 0) is 12.0 Å². The van der Waals surface area contributed by atoms with Gasteiger partial charge in [0.05, 0.1) is 4.88 Å². The molecule has 0 aromatic carbocycles. The fourth-order valence-electron chi connectivity index (χ4n) is 1.17. The van der Waals surface area contributed by atoms with Crippen molar-refractivity contribution >= 4 is 11.3 Å². The Hall–Kier alpha value is -0.370. The Labute approximate surface area is 85.4 Å². The molecule has 1 aromatic rings. The molecule has 0 atom stereocenters. The molecule has 0 bridgehead atoms. The molecule has 0 aliphatic heterocycles. The van der Waals surface area contributed by atoms with Gasteiger partial charge in [-0.25, -0.2) is 0 Å². The van der Waals surface area contributed by atoms with Crippen LogP contribution in [0.1, 0.15) is 45.4 Å². The molecule has 0 amide bonds. The molecule has 0 N–H and O–H groups in total. The Kier molecular flexibility index (Phi) is 3.48. The Morgan fingerprint density at radius 3 is 2.54 bits per heavy atom. The third kappa shape index (κ3) is 3.11. The van der Waals surface area contributed by atoms with Crippen LogP contribution in [0.5, 0.6) is 0 Å². The minimum Gasteiger partial charge on any atom is -0.191 e. The first-order valence-electron chi connectivity index (χ1n) is 5.03. The van der Waals surface area contributed by atoms with Gasteiger partial charge in [0.15, 0.2) is 11.7 Å². The van der Waals surface area contributed by atoms with Crippen molar-refractivity contribution in [2.24, 2.45) is 0 Å². The molecule has 0 spiro atoms. The second kappa shape index (κ2) is 4.23. The van der Waals surface area contributed by atoms with Gasteiger partial charge in [-0.2, -0.15) is 4.57 Å². The molecular formula is C11H20NS+. The van der Waals surface area contributed by atoms with Gasteiger partial charge < -0.3 is 0 Å².